The molecule has 4 unspecified atom stereocenters. The third kappa shape index (κ3) is 17.7. The van der Waals surface area contributed by atoms with Gasteiger partial charge in [-0.15, -0.1) is 0 Å². The van der Waals surface area contributed by atoms with Gasteiger partial charge < -0.3 is 30.6 Å². The zero-order valence-electron chi connectivity index (χ0n) is 24.5. The van der Waals surface area contributed by atoms with Gasteiger partial charge in [0.1, 0.15) is 0 Å². The molecule has 214 valence electrons. The first kappa shape index (κ1) is 35.2. The van der Waals surface area contributed by atoms with E-state index in [9.17, 15) is 30.6 Å². The van der Waals surface area contributed by atoms with Crippen LogP contribution in [0.4, 0.5) is 0 Å². The van der Waals surface area contributed by atoms with Gasteiger partial charge in [0.05, 0.1) is 34.6 Å². The topological polar surface area (TPSA) is 121 Å². The van der Waals surface area contributed by atoms with E-state index >= 15 is 0 Å². The summed E-state index contributed by atoms with van der Waals surface area (Å²) in [6.45, 7) is 14.5. The summed E-state index contributed by atoms with van der Waals surface area (Å²) in [5.74, 6) is 0. The summed E-state index contributed by atoms with van der Waals surface area (Å²) in [5, 5.41) is 62.2. The number of rotatable bonds is 19. The highest BCUT2D eigenvalue weighted by Gasteiger charge is 2.34. The maximum Gasteiger partial charge on any atom is 0.0880 e. The van der Waals surface area contributed by atoms with Crippen LogP contribution in [-0.2, 0) is 0 Å². The highest BCUT2D eigenvalue weighted by Crippen LogP contribution is 2.27. The molecular weight excluding hydrogens is 456 g/mol. The molecule has 0 amide bonds. The third-order valence-corrected chi connectivity index (χ3v) is 7.16. The monoisotopic (exact) mass is 514 g/mol. The van der Waals surface area contributed by atoms with Crippen LogP contribution in [0.15, 0.2) is 23.3 Å². The van der Waals surface area contributed by atoms with Crippen LogP contribution < -0.4 is 0 Å². The van der Waals surface area contributed by atoms with Gasteiger partial charge >= 0.3 is 0 Å². The van der Waals surface area contributed by atoms with Gasteiger partial charge in [-0.05, 0) is 132 Å². The minimum Gasteiger partial charge on any atom is -0.390 e. The second-order valence-electron chi connectivity index (χ2n) is 12.8. The molecule has 0 fully saturated rings. The van der Waals surface area contributed by atoms with Gasteiger partial charge in [0.15, 0.2) is 0 Å². The summed E-state index contributed by atoms with van der Waals surface area (Å²) in [6.07, 6.45) is 9.71. The Balaban J connectivity index is 4.47. The molecule has 0 radical (unpaired) electrons. The summed E-state index contributed by atoms with van der Waals surface area (Å²) in [5.41, 5.74) is -1.46. The minimum atomic E-state index is -1.28. The summed E-state index contributed by atoms with van der Waals surface area (Å²) in [6, 6.07) is 0. The van der Waals surface area contributed by atoms with E-state index < -0.39 is 34.6 Å². The van der Waals surface area contributed by atoms with Crippen LogP contribution in [0.25, 0.3) is 0 Å². The largest absolute Gasteiger partial charge is 0.390 e. The van der Waals surface area contributed by atoms with E-state index in [1.54, 1.807) is 13.8 Å². The lowest BCUT2D eigenvalue weighted by Gasteiger charge is -2.33. The first-order valence-electron chi connectivity index (χ1n) is 13.8. The fraction of sp³-hybridized carbons (Fsp3) is 0.867. The highest BCUT2D eigenvalue weighted by molar-refractivity contribution is 5.00. The lowest BCUT2D eigenvalue weighted by atomic mass is 9.85. The Morgan fingerprint density at radius 3 is 1.17 bits per heavy atom. The lowest BCUT2D eigenvalue weighted by Crippen LogP contribution is -2.43. The third-order valence-electron chi connectivity index (χ3n) is 7.16. The van der Waals surface area contributed by atoms with Crippen molar-refractivity contribution in [3.8, 4) is 0 Å². The summed E-state index contributed by atoms with van der Waals surface area (Å²) >= 11 is 0. The second kappa shape index (κ2) is 15.6. The molecular formula is C30H58O6. The number of aliphatic hydroxyl groups is 6. The van der Waals surface area contributed by atoms with Crippen LogP contribution in [0.1, 0.15) is 132 Å². The SMILES string of the molecule is CC(=CCCC(C)(O)C(O)CCC(O)C(C)(O)CCC=C(C)CCCC(C)(C)O)CCCC(C)(C)O. The van der Waals surface area contributed by atoms with E-state index in [4.69, 9.17) is 0 Å². The number of hydrogen-bond donors (Lipinski definition) is 6. The Hall–Kier alpha value is -0.760. The quantitative estimate of drug-likeness (QED) is 0.130. The zero-order chi connectivity index (χ0) is 28.2. The van der Waals surface area contributed by atoms with E-state index in [2.05, 4.69) is 12.2 Å². The van der Waals surface area contributed by atoms with Gasteiger partial charge in [-0.25, -0.2) is 0 Å². The molecule has 0 bridgehead atoms. The first-order chi connectivity index (χ1) is 16.3. The predicted octanol–water partition coefficient (Wildman–Crippen LogP) is 5.33. The molecule has 36 heavy (non-hydrogen) atoms. The van der Waals surface area contributed by atoms with Crippen molar-refractivity contribution in [1.29, 1.82) is 0 Å². The van der Waals surface area contributed by atoms with Crippen molar-refractivity contribution >= 4 is 0 Å². The fourth-order valence-corrected chi connectivity index (χ4v) is 4.30. The lowest BCUT2D eigenvalue weighted by molar-refractivity contribution is -0.0960. The second-order valence-corrected chi connectivity index (χ2v) is 12.8. The molecule has 0 rings (SSSR count). The smallest absolute Gasteiger partial charge is 0.0880 e. The molecule has 4 atom stereocenters. The average Bonchev–Trinajstić information content (AvgIpc) is 2.69. The van der Waals surface area contributed by atoms with Crippen molar-refractivity contribution < 1.29 is 30.6 Å². The van der Waals surface area contributed by atoms with Gasteiger partial charge in [0, 0.05) is 0 Å². The zero-order valence-corrected chi connectivity index (χ0v) is 24.5. The first-order valence-corrected chi connectivity index (χ1v) is 13.8. The molecule has 6 N–H and O–H groups in total. The average molecular weight is 515 g/mol. The molecule has 0 aliphatic carbocycles. The van der Waals surface area contributed by atoms with Crippen molar-refractivity contribution in [2.24, 2.45) is 0 Å². The van der Waals surface area contributed by atoms with Gasteiger partial charge in [0.25, 0.3) is 0 Å². The Morgan fingerprint density at radius 1 is 0.583 bits per heavy atom. The molecule has 0 aromatic heterocycles. The summed E-state index contributed by atoms with van der Waals surface area (Å²) in [7, 11) is 0. The molecule has 0 saturated carbocycles. The molecule has 0 aliphatic rings. The van der Waals surface area contributed by atoms with Crippen LogP contribution >= 0.6 is 0 Å². The standard InChI is InChI=1S/C30H58O6/c1-23(13-9-19-27(3,4)33)15-11-21-29(7,35)25(31)17-18-26(32)30(8,36)22-12-16-24(2)14-10-20-28(5,6)34/h15-16,25-26,31-36H,9-14,17-22H2,1-8H3. The Labute approximate surface area is 221 Å². The number of hydrogen-bond acceptors (Lipinski definition) is 6. The van der Waals surface area contributed by atoms with Crippen molar-refractivity contribution in [1.82, 2.24) is 0 Å². The molecule has 0 aromatic carbocycles. The molecule has 0 saturated heterocycles. The number of allylic oxidation sites excluding steroid dienone is 4. The Morgan fingerprint density at radius 2 is 0.889 bits per heavy atom. The molecule has 0 aliphatic heterocycles. The maximum atomic E-state index is 10.7. The van der Waals surface area contributed by atoms with E-state index in [1.165, 1.54) is 11.1 Å². The molecule has 0 aromatic rings. The van der Waals surface area contributed by atoms with E-state index in [-0.39, 0.29) is 12.8 Å². The van der Waals surface area contributed by atoms with Crippen molar-refractivity contribution in [3.63, 3.8) is 0 Å². The molecule has 0 heterocycles. The normalized spacial score (nSPS) is 19.1. The Kier molecular flexibility index (Phi) is 15.3. The van der Waals surface area contributed by atoms with E-state index in [0.717, 1.165) is 38.5 Å². The van der Waals surface area contributed by atoms with E-state index in [1.807, 2.05) is 41.5 Å². The van der Waals surface area contributed by atoms with Crippen molar-refractivity contribution in [2.75, 3.05) is 0 Å². The van der Waals surface area contributed by atoms with Crippen molar-refractivity contribution in [2.45, 2.75) is 167 Å². The number of aliphatic hydroxyl groups excluding tert-OH is 2. The Bertz CT molecular complexity index is 606. The maximum absolute atomic E-state index is 10.7. The van der Waals surface area contributed by atoms with E-state index in [0.29, 0.717) is 25.7 Å². The predicted molar refractivity (Wildman–Crippen MR) is 149 cm³/mol. The van der Waals surface area contributed by atoms with Gasteiger partial charge in [-0.2, -0.15) is 0 Å². The van der Waals surface area contributed by atoms with Crippen LogP contribution in [0.5, 0.6) is 0 Å². The van der Waals surface area contributed by atoms with Gasteiger partial charge in [0.2, 0.25) is 0 Å². The molecule has 0 spiro atoms. The highest BCUT2D eigenvalue weighted by atomic mass is 16.3. The van der Waals surface area contributed by atoms with Crippen LogP contribution in [0, 0.1) is 0 Å². The molecule has 6 nitrogen and oxygen atoms in total. The van der Waals surface area contributed by atoms with Crippen LogP contribution in [0.2, 0.25) is 0 Å². The van der Waals surface area contributed by atoms with Crippen molar-refractivity contribution in [3.05, 3.63) is 23.3 Å². The van der Waals surface area contributed by atoms with Gasteiger partial charge in [-0.1, -0.05) is 23.3 Å². The summed E-state index contributed by atoms with van der Waals surface area (Å²) in [4.78, 5) is 0. The van der Waals surface area contributed by atoms with Gasteiger partial charge in [-0.3, -0.25) is 0 Å². The van der Waals surface area contributed by atoms with Crippen LogP contribution in [-0.4, -0.2) is 65.3 Å². The fourth-order valence-electron chi connectivity index (χ4n) is 4.30. The minimum absolute atomic E-state index is 0.199. The molecule has 6 heteroatoms. The summed E-state index contributed by atoms with van der Waals surface area (Å²) < 4.78 is 0. The van der Waals surface area contributed by atoms with Crippen LogP contribution in [0.3, 0.4) is 0 Å².